The second kappa shape index (κ2) is 8.91. The van der Waals surface area contributed by atoms with Crippen molar-refractivity contribution in [2.24, 2.45) is 0 Å². The number of carbonyl (C=O) groups excluding carboxylic acids is 1. The van der Waals surface area contributed by atoms with E-state index in [1.165, 1.54) is 25.9 Å². The predicted octanol–water partition coefficient (Wildman–Crippen LogP) is 2.98. The highest BCUT2D eigenvalue weighted by Gasteiger charge is 2.14. The van der Waals surface area contributed by atoms with Crippen molar-refractivity contribution >= 4 is 28.6 Å². The molecule has 3 aromatic rings. The molecule has 0 saturated heterocycles. The summed E-state index contributed by atoms with van der Waals surface area (Å²) in [6.07, 6.45) is 0.104. The summed E-state index contributed by atoms with van der Waals surface area (Å²) in [5.74, 6) is 0.879. The van der Waals surface area contributed by atoms with Crippen molar-refractivity contribution in [3.8, 4) is 17.2 Å². The SMILES string of the molecule is COc1cc(OC)c(OC)cc1CNC(=O)CCn1c(=O)oc2cc(Cl)ccc21. The zero-order chi connectivity index (χ0) is 21.0. The second-order valence-corrected chi connectivity index (χ2v) is 6.61. The number of hydrogen-bond acceptors (Lipinski definition) is 6. The Bertz CT molecular complexity index is 1090. The van der Waals surface area contributed by atoms with Gasteiger partial charge in [0.25, 0.3) is 0 Å². The number of fused-ring (bicyclic) bond motifs is 1. The maximum absolute atomic E-state index is 12.3. The smallest absolute Gasteiger partial charge is 0.419 e. The van der Waals surface area contributed by atoms with Gasteiger partial charge in [-0.2, -0.15) is 0 Å². The third-order valence-electron chi connectivity index (χ3n) is 4.46. The Kier molecular flexibility index (Phi) is 6.33. The number of halogens is 1. The van der Waals surface area contributed by atoms with Gasteiger partial charge in [-0.3, -0.25) is 9.36 Å². The number of ether oxygens (including phenoxy) is 3. The first-order valence-corrected chi connectivity index (χ1v) is 9.19. The van der Waals surface area contributed by atoms with Crippen LogP contribution in [0.5, 0.6) is 17.2 Å². The Hall–Kier alpha value is -3.13. The monoisotopic (exact) mass is 420 g/mol. The van der Waals surface area contributed by atoms with E-state index in [0.29, 0.717) is 33.4 Å². The third kappa shape index (κ3) is 4.48. The van der Waals surface area contributed by atoms with Gasteiger partial charge in [0.15, 0.2) is 17.1 Å². The van der Waals surface area contributed by atoms with E-state index in [1.807, 2.05) is 0 Å². The van der Waals surface area contributed by atoms with Gasteiger partial charge < -0.3 is 23.9 Å². The molecule has 0 bridgehead atoms. The largest absolute Gasteiger partial charge is 0.496 e. The molecule has 1 heterocycles. The van der Waals surface area contributed by atoms with Gasteiger partial charge in [0.2, 0.25) is 5.91 Å². The maximum atomic E-state index is 12.3. The number of amides is 1. The second-order valence-electron chi connectivity index (χ2n) is 6.18. The van der Waals surface area contributed by atoms with Crippen LogP contribution in [0.15, 0.2) is 39.5 Å². The van der Waals surface area contributed by atoms with E-state index in [1.54, 1.807) is 30.3 Å². The molecular weight excluding hydrogens is 400 g/mol. The zero-order valence-corrected chi connectivity index (χ0v) is 17.0. The highest BCUT2D eigenvalue weighted by molar-refractivity contribution is 6.31. The van der Waals surface area contributed by atoms with Crippen LogP contribution < -0.4 is 25.3 Å². The summed E-state index contributed by atoms with van der Waals surface area (Å²) >= 11 is 5.91. The molecule has 0 unspecified atom stereocenters. The highest BCUT2D eigenvalue weighted by Crippen LogP contribution is 2.34. The van der Waals surface area contributed by atoms with Gasteiger partial charge in [-0.15, -0.1) is 0 Å². The fourth-order valence-electron chi connectivity index (χ4n) is 2.98. The van der Waals surface area contributed by atoms with Gasteiger partial charge in [0, 0.05) is 42.2 Å². The first-order chi connectivity index (χ1) is 14.0. The average Bonchev–Trinajstić information content (AvgIpc) is 3.03. The lowest BCUT2D eigenvalue weighted by molar-refractivity contribution is -0.121. The summed E-state index contributed by atoms with van der Waals surface area (Å²) in [7, 11) is 4.61. The van der Waals surface area contributed by atoms with Crippen LogP contribution in [0.25, 0.3) is 11.1 Å². The molecule has 1 amide bonds. The number of methoxy groups -OCH3 is 3. The first-order valence-electron chi connectivity index (χ1n) is 8.81. The molecule has 0 saturated carbocycles. The molecule has 29 heavy (non-hydrogen) atoms. The molecule has 2 aromatic carbocycles. The summed E-state index contributed by atoms with van der Waals surface area (Å²) in [6, 6.07) is 8.37. The number of aromatic nitrogens is 1. The van der Waals surface area contributed by atoms with Gasteiger partial charge in [-0.1, -0.05) is 11.6 Å². The van der Waals surface area contributed by atoms with Crippen molar-refractivity contribution in [3.05, 3.63) is 51.5 Å². The quantitative estimate of drug-likeness (QED) is 0.602. The summed E-state index contributed by atoms with van der Waals surface area (Å²) in [5, 5.41) is 3.29. The van der Waals surface area contributed by atoms with Crippen molar-refractivity contribution in [2.75, 3.05) is 21.3 Å². The number of hydrogen-bond donors (Lipinski definition) is 1. The van der Waals surface area contributed by atoms with Crippen LogP contribution in [0, 0.1) is 0 Å². The Balaban J connectivity index is 1.67. The van der Waals surface area contributed by atoms with Gasteiger partial charge in [-0.25, -0.2) is 4.79 Å². The van der Waals surface area contributed by atoms with E-state index in [-0.39, 0.29) is 25.4 Å². The Morgan fingerprint density at radius 2 is 1.76 bits per heavy atom. The normalized spacial score (nSPS) is 10.8. The molecule has 0 atom stereocenters. The summed E-state index contributed by atoms with van der Waals surface area (Å²) in [6.45, 7) is 0.418. The van der Waals surface area contributed by atoms with Crippen LogP contribution in [0.1, 0.15) is 12.0 Å². The highest BCUT2D eigenvalue weighted by atomic mass is 35.5. The number of carbonyl (C=O) groups is 1. The zero-order valence-electron chi connectivity index (χ0n) is 16.3. The number of nitrogens with zero attached hydrogens (tertiary/aromatic N) is 1. The molecule has 9 heteroatoms. The Morgan fingerprint density at radius 3 is 2.45 bits per heavy atom. The molecule has 0 radical (unpaired) electrons. The Labute approximate surface area is 171 Å². The Morgan fingerprint density at radius 1 is 1.07 bits per heavy atom. The van der Waals surface area contributed by atoms with Crippen molar-refractivity contribution in [2.45, 2.75) is 19.5 Å². The van der Waals surface area contributed by atoms with Crippen molar-refractivity contribution in [1.82, 2.24) is 9.88 Å². The number of rotatable bonds is 8. The van der Waals surface area contributed by atoms with Crippen molar-refractivity contribution < 1.29 is 23.4 Å². The summed E-state index contributed by atoms with van der Waals surface area (Å²) < 4.78 is 22.5. The van der Waals surface area contributed by atoms with Crippen molar-refractivity contribution in [3.63, 3.8) is 0 Å². The van der Waals surface area contributed by atoms with E-state index in [9.17, 15) is 9.59 Å². The molecule has 1 N–H and O–H groups in total. The minimum atomic E-state index is -0.531. The van der Waals surface area contributed by atoms with E-state index in [2.05, 4.69) is 5.32 Å². The van der Waals surface area contributed by atoms with Gasteiger partial charge >= 0.3 is 5.76 Å². The molecule has 0 aliphatic heterocycles. The van der Waals surface area contributed by atoms with E-state index in [4.69, 9.17) is 30.2 Å². The number of nitrogens with one attached hydrogen (secondary N) is 1. The van der Waals surface area contributed by atoms with Gasteiger partial charge in [-0.05, 0) is 18.2 Å². The van der Waals surface area contributed by atoms with Gasteiger partial charge in [0.1, 0.15) is 5.75 Å². The van der Waals surface area contributed by atoms with Crippen LogP contribution >= 0.6 is 11.6 Å². The molecular formula is C20H21ClN2O6. The van der Waals surface area contributed by atoms with E-state index >= 15 is 0 Å². The fourth-order valence-corrected chi connectivity index (χ4v) is 3.14. The lowest BCUT2D eigenvalue weighted by Gasteiger charge is -2.14. The van der Waals surface area contributed by atoms with Gasteiger partial charge in [0.05, 0.1) is 26.8 Å². The number of oxazole rings is 1. The first kappa shape index (κ1) is 20.6. The molecule has 0 fully saturated rings. The molecule has 1 aromatic heterocycles. The summed E-state index contributed by atoms with van der Waals surface area (Å²) in [4.78, 5) is 24.4. The van der Waals surface area contributed by atoms with Crippen LogP contribution in [0.2, 0.25) is 5.02 Å². The maximum Gasteiger partial charge on any atom is 0.419 e. The van der Waals surface area contributed by atoms with Crippen LogP contribution in [-0.4, -0.2) is 31.8 Å². The fraction of sp³-hybridized carbons (Fsp3) is 0.300. The topological polar surface area (TPSA) is 91.9 Å². The minimum absolute atomic E-state index is 0.104. The molecule has 0 aliphatic carbocycles. The van der Waals surface area contributed by atoms with Crippen molar-refractivity contribution in [1.29, 1.82) is 0 Å². The third-order valence-corrected chi connectivity index (χ3v) is 4.69. The molecule has 8 nitrogen and oxygen atoms in total. The lowest BCUT2D eigenvalue weighted by Crippen LogP contribution is -2.26. The van der Waals surface area contributed by atoms with E-state index in [0.717, 1.165) is 5.56 Å². The average molecular weight is 421 g/mol. The lowest BCUT2D eigenvalue weighted by atomic mass is 10.1. The summed E-state index contributed by atoms with van der Waals surface area (Å²) in [5.41, 5.74) is 1.71. The number of aryl methyl sites for hydroxylation is 1. The van der Waals surface area contributed by atoms with E-state index < -0.39 is 5.76 Å². The van der Waals surface area contributed by atoms with Crippen LogP contribution in [0.3, 0.4) is 0 Å². The van der Waals surface area contributed by atoms with Crippen LogP contribution in [0.4, 0.5) is 0 Å². The minimum Gasteiger partial charge on any atom is -0.496 e. The molecule has 154 valence electrons. The molecule has 0 aliphatic rings. The molecule has 0 spiro atoms. The number of benzene rings is 2. The molecule has 3 rings (SSSR count). The van der Waals surface area contributed by atoms with Crippen LogP contribution in [-0.2, 0) is 17.9 Å². The standard InChI is InChI=1S/C20H21ClN2O6/c1-26-15-10-18(28-3)17(27-2)8-12(15)11-22-19(24)6-7-23-14-5-4-13(21)9-16(14)29-20(23)25/h4-5,8-10H,6-7,11H2,1-3H3,(H,22,24). The predicted molar refractivity (Wildman–Crippen MR) is 108 cm³/mol.